The summed E-state index contributed by atoms with van der Waals surface area (Å²) in [4.78, 5) is 10.2. The Morgan fingerprint density at radius 2 is 1.75 bits per heavy atom. The summed E-state index contributed by atoms with van der Waals surface area (Å²) in [6.07, 6.45) is -9.07. The largest absolute Gasteiger partial charge is 0.394 e. The molecule has 0 saturated carbocycles. The quantitative estimate of drug-likeness (QED) is 0.282. The van der Waals surface area contributed by atoms with E-state index in [9.17, 15) is 4.79 Å². The van der Waals surface area contributed by atoms with Crippen LogP contribution in [-0.4, -0.2) is 62.8 Å². The van der Waals surface area contributed by atoms with E-state index in [4.69, 9.17) is 26.9 Å². The van der Waals surface area contributed by atoms with Crippen LogP contribution in [0.2, 0.25) is 0 Å². The number of rotatable bonds is 5. The van der Waals surface area contributed by atoms with Crippen LogP contribution in [0.3, 0.4) is 0 Å². The molecule has 0 heterocycles. The minimum atomic E-state index is -2.09. The highest BCUT2D eigenvalue weighted by molar-refractivity contribution is 5.56. The van der Waals surface area contributed by atoms with Crippen LogP contribution in [0.5, 0.6) is 0 Å². The third-order valence-corrected chi connectivity index (χ3v) is 1.38. The Morgan fingerprint density at radius 1 is 1.25 bits per heavy atom. The molecule has 0 aromatic rings. The van der Waals surface area contributed by atoms with Gasteiger partial charge < -0.3 is 30.3 Å². The number of hydrogen-bond acceptors (Lipinski definition) is 6. The Hall–Kier alpha value is -0.530. The Bertz CT molecular complexity index is 175. The van der Waals surface area contributed by atoms with Gasteiger partial charge >= 0.3 is 0 Å². The molecule has 0 aliphatic heterocycles. The maximum absolute atomic E-state index is 10.2. The van der Waals surface area contributed by atoms with Crippen LogP contribution in [0.25, 0.3) is 0 Å². The highest BCUT2D eigenvalue weighted by Gasteiger charge is 2.29. The highest BCUT2D eigenvalue weighted by atomic mass is 16.4. The third kappa shape index (κ3) is 2.84. The standard InChI is InChI=1S/C6H12O6/c7-1-3(9)5(11)6(12)4(10)2-8/h1,3-6,8-12H,2H2/t3-,4-,5-,6+/m1/s1/i1D. The van der Waals surface area contributed by atoms with Crippen LogP contribution in [0.1, 0.15) is 1.37 Å². The summed E-state index contributed by atoms with van der Waals surface area (Å²) in [6.45, 7) is -0.822. The molecule has 0 amide bonds. The van der Waals surface area contributed by atoms with Crippen molar-refractivity contribution in [2.45, 2.75) is 24.4 Å². The monoisotopic (exact) mass is 181 g/mol. The van der Waals surface area contributed by atoms with E-state index in [1.807, 2.05) is 0 Å². The fraction of sp³-hybridized carbons (Fsp3) is 0.833. The first-order chi connectivity index (χ1) is 5.91. The lowest BCUT2D eigenvalue weighted by atomic mass is 10.0. The molecule has 0 unspecified atom stereocenters. The van der Waals surface area contributed by atoms with E-state index in [0.717, 1.165) is 0 Å². The number of carbonyl (C=O) groups excluding carboxylic acids is 1. The maximum atomic E-state index is 10.2. The lowest BCUT2D eigenvalue weighted by Crippen LogP contribution is -2.46. The number of aliphatic hydroxyl groups is 5. The minimum Gasteiger partial charge on any atom is -0.394 e. The Balaban J connectivity index is 4.24. The normalized spacial score (nSPS) is 22.2. The van der Waals surface area contributed by atoms with Gasteiger partial charge in [-0.1, -0.05) is 0 Å². The van der Waals surface area contributed by atoms with Crippen molar-refractivity contribution in [3.05, 3.63) is 0 Å². The molecule has 0 aromatic carbocycles. The lowest BCUT2D eigenvalue weighted by Gasteiger charge is -2.22. The average molecular weight is 181 g/mol. The molecule has 0 radical (unpaired) electrons. The summed E-state index contributed by atoms with van der Waals surface area (Å²) in [5.41, 5.74) is 0. The van der Waals surface area contributed by atoms with E-state index in [1.54, 1.807) is 0 Å². The molecule has 72 valence electrons. The van der Waals surface area contributed by atoms with Crippen LogP contribution in [0.15, 0.2) is 0 Å². The van der Waals surface area contributed by atoms with Crippen molar-refractivity contribution in [1.29, 1.82) is 0 Å². The molecular weight excluding hydrogens is 168 g/mol. The predicted molar refractivity (Wildman–Crippen MR) is 37.2 cm³/mol. The summed E-state index contributed by atoms with van der Waals surface area (Å²) in [5, 5.41) is 43.8. The molecule has 0 fully saturated rings. The van der Waals surface area contributed by atoms with Crippen molar-refractivity contribution in [3.63, 3.8) is 0 Å². The molecule has 0 bridgehead atoms. The van der Waals surface area contributed by atoms with Crippen LogP contribution < -0.4 is 0 Å². The van der Waals surface area contributed by atoms with Gasteiger partial charge in [-0.25, -0.2) is 0 Å². The van der Waals surface area contributed by atoms with Crippen molar-refractivity contribution in [2.24, 2.45) is 0 Å². The Labute approximate surface area is 70.1 Å². The first-order valence-electron chi connectivity index (χ1n) is 3.75. The predicted octanol–water partition coefficient (Wildman–Crippen LogP) is -3.38. The highest BCUT2D eigenvalue weighted by Crippen LogP contribution is 2.02. The minimum absolute atomic E-state index is 0.822. The zero-order valence-corrected chi connectivity index (χ0v) is 6.16. The third-order valence-electron chi connectivity index (χ3n) is 1.38. The van der Waals surface area contributed by atoms with Crippen molar-refractivity contribution >= 4 is 6.26 Å². The Morgan fingerprint density at radius 3 is 2.08 bits per heavy atom. The van der Waals surface area contributed by atoms with E-state index >= 15 is 0 Å². The summed E-state index contributed by atoms with van der Waals surface area (Å²) in [5.74, 6) is 0. The van der Waals surface area contributed by atoms with Gasteiger partial charge in [-0.15, -0.1) is 0 Å². The van der Waals surface area contributed by atoms with Crippen LogP contribution in [0, 0.1) is 0 Å². The van der Waals surface area contributed by atoms with Gasteiger partial charge in [-0.3, -0.25) is 0 Å². The molecule has 0 aliphatic rings. The number of carbonyl (C=O) groups is 1. The maximum Gasteiger partial charge on any atom is 0.151 e. The van der Waals surface area contributed by atoms with Gasteiger partial charge in [0.1, 0.15) is 25.8 Å². The van der Waals surface area contributed by atoms with Crippen LogP contribution >= 0.6 is 0 Å². The average Bonchev–Trinajstić information content (AvgIpc) is 2.12. The van der Waals surface area contributed by atoms with Crippen LogP contribution in [0.4, 0.5) is 0 Å². The van der Waals surface area contributed by atoms with E-state index in [-0.39, 0.29) is 0 Å². The van der Waals surface area contributed by atoms with Crippen molar-refractivity contribution in [1.82, 2.24) is 0 Å². The number of aliphatic hydroxyl groups excluding tert-OH is 5. The lowest BCUT2D eigenvalue weighted by molar-refractivity contribution is -0.136. The first kappa shape index (κ1) is 9.56. The van der Waals surface area contributed by atoms with Crippen molar-refractivity contribution in [2.75, 3.05) is 6.61 Å². The van der Waals surface area contributed by atoms with Gasteiger partial charge in [0.2, 0.25) is 0 Å². The summed E-state index contributed by atoms with van der Waals surface area (Å²) >= 11 is 0. The zero-order chi connectivity index (χ0) is 10.6. The second-order valence-electron chi connectivity index (χ2n) is 2.29. The molecule has 0 aromatic heterocycles. The molecule has 0 rings (SSSR count). The zero-order valence-electron chi connectivity index (χ0n) is 7.16. The number of aldehydes is 1. The topological polar surface area (TPSA) is 118 Å². The van der Waals surface area contributed by atoms with Gasteiger partial charge in [0, 0.05) is 0 Å². The fourth-order valence-corrected chi connectivity index (χ4v) is 0.592. The molecule has 4 atom stereocenters. The van der Waals surface area contributed by atoms with Gasteiger partial charge in [0.05, 0.1) is 6.61 Å². The second kappa shape index (κ2) is 5.18. The summed E-state index contributed by atoms with van der Waals surface area (Å²) < 4.78 is 6.40. The molecule has 6 heteroatoms. The van der Waals surface area contributed by atoms with E-state index in [0.29, 0.717) is 0 Å². The molecular formula is C6H12O6. The Kier molecular flexibility index (Phi) is 4.12. The smallest absolute Gasteiger partial charge is 0.151 e. The van der Waals surface area contributed by atoms with Crippen LogP contribution in [-0.2, 0) is 4.79 Å². The fourth-order valence-electron chi connectivity index (χ4n) is 0.592. The molecule has 5 N–H and O–H groups in total. The molecule has 6 nitrogen and oxygen atoms in total. The van der Waals surface area contributed by atoms with Crippen molar-refractivity contribution < 1.29 is 31.7 Å². The molecule has 0 spiro atoms. The van der Waals surface area contributed by atoms with Gasteiger partial charge in [0.25, 0.3) is 0 Å². The molecule has 0 aliphatic carbocycles. The first-order valence-corrected chi connectivity index (χ1v) is 3.25. The van der Waals surface area contributed by atoms with Gasteiger partial charge in [-0.2, -0.15) is 0 Å². The summed E-state index contributed by atoms with van der Waals surface area (Å²) in [6, 6.07) is 0. The van der Waals surface area contributed by atoms with E-state index in [2.05, 4.69) is 0 Å². The second-order valence-corrected chi connectivity index (χ2v) is 2.29. The molecule has 0 saturated heterocycles. The van der Waals surface area contributed by atoms with E-state index in [1.165, 1.54) is 0 Å². The number of hydrogen-bond donors (Lipinski definition) is 5. The van der Waals surface area contributed by atoms with E-state index < -0.39 is 37.3 Å². The van der Waals surface area contributed by atoms with Crippen molar-refractivity contribution in [3.8, 4) is 0 Å². The molecule has 12 heavy (non-hydrogen) atoms. The SMILES string of the molecule is [2H]C(=O)[C@@H](O)[C@@H](O)[C@@H](O)[C@H](O)CO. The van der Waals surface area contributed by atoms with Gasteiger partial charge in [-0.05, 0) is 0 Å². The summed E-state index contributed by atoms with van der Waals surface area (Å²) in [7, 11) is 0. The van der Waals surface area contributed by atoms with Gasteiger partial charge in [0.15, 0.2) is 6.26 Å².